The van der Waals surface area contributed by atoms with Crippen molar-refractivity contribution in [2.45, 2.75) is 16.6 Å². The van der Waals surface area contributed by atoms with E-state index >= 15 is 0 Å². The van der Waals surface area contributed by atoms with Crippen molar-refractivity contribution < 1.29 is 24.3 Å². The van der Waals surface area contributed by atoms with E-state index in [2.05, 4.69) is 25.5 Å². The second-order valence-electron chi connectivity index (χ2n) is 7.30. The van der Waals surface area contributed by atoms with Gasteiger partial charge in [-0.2, -0.15) is 4.98 Å². The number of carbonyl (C=O) groups excluding carboxylic acids is 2. The number of nitrogens with one attached hydrogen (secondary N) is 2. The molecule has 15 nitrogen and oxygen atoms in total. The number of hydrogen-bond acceptors (Lipinski definition) is 13. The summed E-state index contributed by atoms with van der Waals surface area (Å²) in [6.07, 6.45) is 0. The quantitative estimate of drug-likeness (QED) is 0.0625. The summed E-state index contributed by atoms with van der Waals surface area (Å²) in [5.74, 6) is -2.30. The SMILES string of the molecule is CO/N=C(\C(=O)N[C@@H]1C(=O)N2C(C(=O)O)=C(CSc3nc(=O)c(=O)[nH]n3C)CS[C@H]12)c1csc(N)n1.[Na].[Na]. The van der Waals surface area contributed by atoms with Crippen molar-refractivity contribution in [2.24, 2.45) is 12.2 Å². The molecule has 0 unspecified atom stereocenters. The monoisotopic (exact) mass is 600 g/mol. The van der Waals surface area contributed by atoms with Crippen LogP contribution in [0.4, 0.5) is 5.13 Å². The van der Waals surface area contributed by atoms with Gasteiger partial charge >= 0.3 is 17.1 Å². The molecule has 20 heteroatoms. The van der Waals surface area contributed by atoms with E-state index in [1.165, 1.54) is 36.0 Å². The number of fused-ring (bicyclic) bond motifs is 1. The van der Waals surface area contributed by atoms with Gasteiger partial charge in [0, 0.05) is 83.0 Å². The normalized spacial score (nSPS) is 18.5. The molecule has 2 aliphatic heterocycles. The molecule has 0 aromatic carbocycles. The Labute approximate surface area is 270 Å². The van der Waals surface area contributed by atoms with E-state index in [-0.39, 0.29) is 98.0 Å². The molecule has 2 radical (unpaired) electrons. The Kier molecular flexibility index (Phi) is 11.7. The van der Waals surface area contributed by atoms with Gasteiger partial charge in [-0.15, -0.1) is 23.1 Å². The predicted molar refractivity (Wildman–Crippen MR) is 142 cm³/mol. The van der Waals surface area contributed by atoms with E-state index in [4.69, 9.17) is 10.6 Å². The summed E-state index contributed by atoms with van der Waals surface area (Å²) in [4.78, 5) is 74.3. The molecule has 5 N–H and O–H groups in total. The van der Waals surface area contributed by atoms with Gasteiger partial charge in [0.05, 0.1) is 0 Å². The Balaban J connectivity index is 0.00000253. The van der Waals surface area contributed by atoms with Gasteiger partial charge in [0.15, 0.2) is 16.0 Å². The van der Waals surface area contributed by atoms with Gasteiger partial charge in [-0.1, -0.05) is 16.9 Å². The van der Waals surface area contributed by atoms with E-state index in [0.717, 1.165) is 28.0 Å². The van der Waals surface area contributed by atoms with Crippen molar-refractivity contribution in [1.82, 2.24) is 30.0 Å². The standard InChI is InChI=1S/C18H18N8O7S3.2Na/c1-25-18(22-12(28)13(29)23-25)36-4-6-3-34-15-9(14(30)26(15)10(6)16(31)32)21-11(27)8(24-33-2)7-5-35-17(19)20-7;;/h5,9,15H,3-4H2,1-2H3,(H2,19,20)(H,21,27)(H,23,29)(H,31,32);;/b24-8-;;/t9-,15-;;/m1../s1. The number of hydrogen-bond donors (Lipinski definition) is 4. The van der Waals surface area contributed by atoms with E-state index in [9.17, 15) is 29.1 Å². The zero-order valence-corrected chi connectivity index (χ0v) is 27.0. The number of nitrogens with two attached hydrogens (primary N) is 1. The molecule has 0 bridgehead atoms. The van der Waals surface area contributed by atoms with Gasteiger partial charge in [0.2, 0.25) is 0 Å². The van der Waals surface area contributed by atoms with Gasteiger partial charge in [0.25, 0.3) is 11.8 Å². The van der Waals surface area contributed by atoms with E-state index in [1.807, 2.05) is 0 Å². The first-order valence-electron chi connectivity index (χ1n) is 9.96. The fraction of sp³-hybridized carbons (Fsp3) is 0.333. The maximum Gasteiger partial charge on any atom is 0.352 e. The molecule has 2 aromatic heterocycles. The van der Waals surface area contributed by atoms with Crippen molar-refractivity contribution in [1.29, 1.82) is 0 Å². The molecular weight excluding hydrogens is 582 g/mol. The number of thioether (sulfide) groups is 2. The molecule has 2 atom stereocenters. The van der Waals surface area contributed by atoms with Crippen LogP contribution in [0.15, 0.2) is 36.6 Å². The molecule has 38 heavy (non-hydrogen) atoms. The van der Waals surface area contributed by atoms with E-state index < -0.39 is 40.3 Å². The molecule has 2 aliphatic rings. The van der Waals surface area contributed by atoms with Crippen LogP contribution in [0.5, 0.6) is 0 Å². The van der Waals surface area contributed by atoms with Crippen LogP contribution in [0.1, 0.15) is 5.69 Å². The number of oxime groups is 1. The average Bonchev–Trinajstić information content (AvgIpc) is 3.27. The van der Waals surface area contributed by atoms with Gasteiger partial charge < -0.3 is 21.0 Å². The Morgan fingerprint density at radius 2 is 2.05 bits per heavy atom. The number of aromatic nitrogens is 4. The summed E-state index contributed by atoms with van der Waals surface area (Å²) < 4.78 is 1.25. The van der Waals surface area contributed by atoms with Crippen molar-refractivity contribution in [2.75, 3.05) is 24.3 Å². The second-order valence-corrected chi connectivity index (χ2v) is 10.2. The molecule has 2 amide bonds. The Morgan fingerprint density at radius 1 is 1.34 bits per heavy atom. The maximum atomic E-state index is 12.9. The number of aromatic amines is 1. The molecule has 2 aromatic rings. The zero-order valence-electron chi connectivity index (χ0n) is 20.6. The van der Waals surface area contributed by atoms with Crippen LogP contribution >= 0.6 is 34.9 Å². The average molecular weight is 601 g/mol. The van der Waals surface area contributed by atoms with Crippen molar-refractivity contribution in [3.63, 3.8) is 0 Å². The number of aryl methyl sites for hydroxylation is 1. The number of aliphatic carboxylic acids is 1. The first-order chi connectivity index (χ1) is 17.1. The number of amides is 2. The fourth-order valence-corrected chi connectivity index (χ4v) is 6.39. The number of nitrogen functional groups attached to an aromatic ring is 1. The van der Waals surface area contributed by atoms with Crippen LogP contribution < -0.4 is 22.2 Å². The van der Waals surface area contributed by atoms with Crippen LogP contribution in [-0.4, -0.2) is 142 Å². The third-order valence-corrected chi connectivity index (χ3v) is 8.15. The number of anilines is 1. The van der Waals surface area contributed by atoms with Gasteiger partial charge in [-0.25, -0.2) is 9.78 Å². The number of thiazole rings is 1. The molecule has 192 valence electrons. The molecule has 0 aliphatic carbocycles. The largest absolute Gasteiger partial charge is 0.477 e. The Hall–Kier alpha value is -1.64. The van der Waals surface area contributed by atoms with Gasteiger partial charge in [-0.3, -0.25) is 33.9 Å². The number of carboxylic acid groups (broad SMARTS) is 1. The van der Waals surface area contributed by atoms with Crippen molar-refractivity contribution in [3.8, 4) is 0 Å². The fourth-order valence-electron chi connectivity index (χ4n) is 3.44. The topological polar surface area (TPSA) is 215 Å². The first kappa shape index (κ1) is 32.6. The van der Waals surface area contributed by atoms with E-state index in [1.54, 1.807) is 0 Å². The summed E-state index contributed by atoms with van der Waals surface area (Å²) in [7, 11) is 2.74. The smallest absolute Gasteiger partial charge is 0.352 e. The summed E-state index contributed by atoms with van der Waals surface area (Å²) in [5.41, 5.74) is 4.00. The minimum Gasteiger partial charge on any atom is -0.477 e. The third-order valence-electron chi connectivity index (χ3n) is 5.02. The minimum absolute atomic E-state index is 0. The van der Waals surface area contributed by atoms with Crippen LogP contribution in [0, 0.1) is 0 Å². The van der Waals surface area contributed by atoms with Crippen molar-refractivity contribution in [3.05, 3.63) is 43.1 Å². The molecule has 0 spiro atoms. The predicted octanol–water partition coefficient (Wildman–Crippen LogP) is -2.37. The maximum absolute atomic E-state index is 12.9. The minimum atomic E-state index is -1.31. The molecule has 0 saturated carbocycles. The molecule has 1 saturated heterocycles. The number of nitrogens with zero attached hydrogens (tertiary/aromatic N) is 5. The van der Waals surface area contributed by atoms with Gasteiger partial charge in [0.1, 0.15) is 29.9 Å². The van der Waals surface area contributed by atoms with E-state index in [0.29, 0.717) is 5.57 Å². The Bertz CT molecular complexity index is 1440. The number of carboxylic acids is 1. The van der Waals surface area contributed by atoms with Crippen LogP contribution in [0.3, 0.4) is 0 Å². The number of carbonyl (C=O) groups is 3. The summed E-state index contributed by atoms with van der Waals surface area (Å²) >= 11 is 3.41. The summed E-state index contributed by atoms with van der Waals surface area (Å²) in [6.45, 7) is 0. The Morgan fingerprint density at radius 3 is 2.66 bits per heavy atom. The number of β-lactam (4-membered cyclic amide) rings is 1. The molecule has 1 fully saturated rings. The van der Waals surface area contributed by atoms with Gasteiger partial charge in [-0.05, 0) is 5.57 Å². The van der Waals surface area contributed by atoms with Crippen LogP contribution in [-0.2, 0) is 26.3 Å². The zero-order chi connectivity index (χ0) is 26.1. The molecular formula is C18H18N8Na2O7S3. The number of H-pyrrole nitrogens is 1. The van der Waals surface area contributed by atoms with Crippen LogP contribution in [0.2, 0.25) is 0 Å². The summed E-state index contributed by atoms with van der Waals surface area (Å²) in [5, 5.41) is 19.6. The molecule has 4 rings (SSSR count). The third kappa shape index (κ3) is 6.56. The number of rotatable bonds is 8. The molecule has 4 heterocycles. The second kappa shape index (κ2) is 13.6. The summed E-state index contributed by atoms with van der Waals surface area (Å²) in [6, 6.07) is -0.995. The van der Waals surface area contributed by atoms with Crippen LogP contribution in [0.25, 0.3) is 0 Å². The first-order valence-corrected chi connectivity index (χ1v) is 12.9. The van der Waals surface area contributed by atoms with Crippen molar-refractivity contribution >= 4 is 123 Å².